The minimum atomic E-state index is -0.155. The minimum absolute atomic E-state index is 0.155. The van der Waals surface area contributed by atoms with Crippen LogP contribution in [0.5, 0.6) is 0 Å². The summed E-state index contributed by atoms with van der Waals surface area (Å²) in [7, 11) is 2.14. The predicted molar refractivity (Wildman–Crippen MR) is 86.8 cm³/mol. The van der Waals surface area contributed by atoms with Gasteiger partial charge in [0, 0.05) is 30.8 Å². The van der Waals surface area contributed by atoms with Crippen molar-refractivity contribution in [3.63, 3.8) is 0 Å². The lowest BCUT2D eigenvalue weighted by molar-refractivity contribution is -0.143. The standard InChI is InChI=1S/C16H21N3O2S/c1-3-21-15(20)7-9-19-13-6-8-18(2)11-12(13)16(17-19)14-5-4-10-22-14/h4-5,10H,3,6-9,11H2,1-2H3. The lowest BCUT2D eigenvalue weighted by Crippen LogP contribution is -2.27. The van der Waals surface area contributed by atoms with Crippen LogP contribution < -0.4 is 0 Å². The molecule has 2 aromatic heterocycles. The number of fused-ring (bicyclic) bond motifs is 1. The second-order valence-corrected chi connectivity index (χ2v) is 6.46. The summed E-state index contributed by atoms with van der Waals surface area (Å²) in [6.07, 6.45) is 1.36. The monoisotopic (exact) mass is 319 g/mol. The summed E-state index contributed by atoms with van der Waals surface area (Å²) < 4.78 is 7.03. The fourth-order valence-electron chi connectivity index (χ4n) is 2.85. The molecule has 0 unspecified atom stereocenters. The normalized spacial score (nSPS) is 14.8. The third-order valence-corrected chi connectivity index (χ3v) is 4.79. The molecule has 0 aliphatic carbocycles. The van der Waals surface area contributed by atoms with Crippen LogP contribution in [0.1, 0.15) is 24.6 Å². The Kier molecular flexibility index (Phi) is 4.59. The lowest BCUT2D eigenvalue weighted by Gasteiger charge is -2.23. The van der Waals surface area contributed by atoms with E-state index in [0.29, 0.717) is 19.6 Å². The number of aryl methyl sites for hydroxylation is 1. The Labute approximate surface area is 134 Å². The van der Waals surface area contributed by atoms with Gasteiger partial charge in [0.25, 0.3) is 0 Å². The van der Waals surface area contributed by atoms with Gasteiger partial charge in [-0.25, -0.2) is 0 Å². The first kappa shape index (κ1) is 15.2. The van der Waals surface area contributed by atoms with Gasteiger partial charge in [-0.1, -0.05) is 6.07 Å². The van der Waals surface area contributed by atoms with Crippen molar-refractivity contribution < 1.29 is 9.53 Å². The van der Waals surface area contributed by atoms with E-state index in [1.165, 1.54) is 16.1 Å². The molecule has 3 heterocycles. The van der Waals surface area contributed by atoms with Gasteiger partial charge in [-0.3, -0.25) is 9.48 Å². The van der Waals surface area contributed by atoms with Gasteiger partial charge in [0.15, 0.2) is 0 Å². The zero-order valence-corrected chi connectivity index (χ0v) is 13.9. The molecule has 0 fully saturated rings. The molecular weight excluding hydrogens is 298 g/mol. The quantitative estimate of drug-likeness (QED) is 0.795. The second kappa shape index (κ2) is 6.62. The molecule has 1 aliphatic rings. The Bertz CT molecular complexity index is 649. The molecule has 22 heavy (non-hydrogen) atoms. The van der Waals surface area contributed by atoms with Crippen LogP contribution in [0.15, 0.2) is 17.5 Å². The summed E-state index contributed by atoms with van der Waals surface area (Å²) in [5.41, 5.74) is 3.64. The van der Waals surface area contributed by atoms with Gasteiger partial charge in [-0.05, 0) is 25.4 Å². The van der Waals surface area contributed by atoms with Crippen molar-refractivity contribution in [3.8, 4) is 10.6 Å². The molecule has 0 aromatic carbocycles. The number of hydrogen-bond donors (Lipinski definition) is 0. The molecule has 0 bridgehead atoms. The van der Waals surface area contributed by atoms with Crippen LogP contribution in [0.4, 0.5) is 0 Å². The smallest absolute Gasteiger partial charge is 0.307 e. The minimum Gasteiger partial charge on any atom is -0.466 e. The zero-order chi connectivity index (χ0) is 15.5. The number of likely N-dealkylation sites (N-methyl/N-ethyl adjacent to an activating group) is 1. The number of carbonyl (C=O) groups is 1. The Balaban J connectivity index is 1.87. The molecule has 0 N–H and O–H groups in total. The third kappa shape index (κ3) is 3.08. The number of ether oxygens (including phenoxy) is 1. The number of hydrogen-bond acceptors (Lipinski definition) is 5. The predicted octanol–water partition coefficient (Wildman–Crippen LogP) is 2.55. The summed E-state index contributed by atoms with van der Waals surface area (Å²) in [5.74, 6) is -0.155. The van der Waals surface area contributed by atoms with Gasteiger partial charge in [0.1, 0.15) is 5.69 Å². The number of thiophene rings is 1. The lowest BCUT2D eigenvalue weighted by atomic mass is 10.0. The number of rotatable bonds is 5. The first-order valence-electron chi connectivity index (χ1n) is 7.65. The molecule has 1 aliphatic heterocycles. The Hall–Kier alpha value is -1.66. The molecular formula is C16H21N3O2S. The van der Waals surface area contributed by atoms with Crippen molar-refractivity contribution in [1.82, 2.24) is 14.7 Å². The van der Waals surface area contributed by atoms with E-state index in [1.807, 2.05) is 11.6 Å². The molecule has 0 amide bonds. The second-order valence-electron chi connectivity index (χ2n) is 5.52. The highest BCUT2D eigenvalue weighted by Crippen LogP contribution is 2.32. The van der Waals surface area contributed by atoms with Crippen molar-refractivity contribution in [1.29, 1.82) is 0 Å². The van der Waals surface area contributed by atoms with E-state index in [9.17, 15) is 4.79 Å². The highest BCUT2D eigenvalue weighted by molar-refractivity contribution is 7.13. The van der Waals surface area contributed by atoms with E-state index in [2.05, 4.69) is 29.5 Å². The van der Waals surface area contributed by atoms with E-state index < -0.39 is 0 Å². The molecule has 6 heteroatoms. The number of carbonyl (C=O) groups excluding carboxylic acids is 1. The average molecular weight is 319 g/mol. The maximum atomic E-state index is 11.6. The number of esters is 1. The molecule has 0 saturated heterocycles. The molecule has 118 valence electrons. The Morgan fingerprint density at radius 1 is 1.50 bits per heavy atom. The molecule has 3 rings (SSSR count). The SMILES string of the molecule is CCOC(=O)CCn1nc(-c2cccs2)c2c1CCN(C)C2. The van der Waals surface area contributed by atoms with Crippen LogP contribution in [0, 0.1) is 0 Å². The number of aromatic nitrogens is 2. The van der Waals surface area contributed by atoms with E-state index in [1.54, 1.807) is 11.3 Å². The highest BCUT2D eigenvalue weighted by Gasteiger charge is 2.24. The fourth-order valence-corrected chi connectivity index (χ4v) is 3.59. The molecule has 5 nitrogen and oxygen atoms in total. The van der Waals surface area contributed by atoms with E-state index in [-0.39, 0.29) is 5.97 Å². The largest absolute Gasteiger partial charge is 0.466 e. The molecule has 0 spiro atoms. The zero-order valence-electron chi connectivity index (χ0n) is 13.0. The molecule has 0 atom stereocenters. The van der Waals surface area contributed by atoms with E-state index in [0.717, 1.165) is 25.2 Å². The fraction of sp³-hybridized carbons (Fsp3) is 0.500. The van der Waals surface area contributed by atoms with Crippen LogP contribution in [0.3, 0.4) is 0 Å². The molecule has 2 aromatic rings. The maximum absolute atomic E-state index is 11.6. The summed E-state index contributed by atoms with van der Waals surface area (Å²) in [6.45, 7) is 4.81. The Morgan fingerprint density at radius 3 is 3.09 bits per heavy atom. The van der Waals surface area contributed by atoms with Crippen LogP contribution in [0.2, 0.25) is 0 Å². The number of nitrogens with zero attached hydrogens (tertiary/aromatic N) is 3. The van der Waals surface area contributed by atoms with Crippen molar-refractivity contribution >= 4 is 17.3 Å². The summed E-state index contributed by atoms with van der Waals surface area (Å²) in [4.78, 5) is 15.1. The van der Waals surface area contributed by atoms with Crippen LogP contribution in [-0.2, 0) is 29.0 Å². The van der Waals surface area contributed by atoms with Gasteiger partial charge in [-0.15, -0.1) is 11.3 Å². The molecule has 0 saturated carbocycles. The first-order valence-corrected chi connectivity index (χ1v) is 8.53. The van der Waals surface area contributed by atoms with E-state index >= 15 is 0 Å². The van der Waals surface area contributed by atoms with Crippen LogP contribution in [-0.4, -0.2) is 40.8 Å². The van der Waals surface area contributed by atoms with Gasteiger partial charge < -0.3 is 9.64 Å². The van der Waals surface area contributed by atoms with Crippen molar-refractivity contribution in [3.05, 3.63) is 28.8 Å². The third-order valence-electron chi connectivity index (χ3n) is 3.91. The van der Waals surface area contributed by atoms with Gasteiger partial charge in [-0.2, -0.15) is 5.10 Å². The van der Waals surface area contributed by atoms with Gasteiger partial charge in [0.05, 0.1) is 24.4 Å². The van der Waals surface area contributed by atoms with Crippen molar-refractivity contribution in [2.45, 2.75) is 32.9 Å². The topological polar surface area (TPSA) is 47.4 Å². The Morgan fingerprint density at radius 2 is 2.36 bits per heavy atom. The van der Waals surface area contributed by atoms with Gasteiger partial charge >= 0.3 is 5.97 Å². The first-order chi connectivity index (χ1) is 10.7. The molecule has 0 radical (unpaired) electrons. The highest BCUT2D eigenvalue weighted by atomic mass is 32.1. The van der Waals surface area contributed by atoms with Crippen molar-refractivity contribution in [2.24, 2.45) is 0 Å². The summed E-state index contributed by atoms with van der Waals surface area (Å²) >= 11 is 1.71. The van der Waals surface area contributed by atoms with Crippen molar-refractivity contribution in [2.75, 3.05) is 20.2 Å². The van der Waals surface area contributed by atoms with Crippen LogP contribution in [0.25, 0.3) is 10.6 Å². The van der Waals surface area contributed by atoms with E-state index in [4.69, 9.17) is 9.84 Å². The average Bonchev–Trinajstić information content (AvgIpc) is 3.12. The summed E-state index contributed by atoms with van der Waals surface area (Å²) in [6, 6.07) is 4.16. The van der Waals surface area contributed by atoms with Gasteiger partial charge in [0.2, 0.25) is 0 Å². The van der Waals surface area contributed by atoms with Crippen LogP contribution >= 0.6 is 11.3 Å². The maximum Gasteiger partial charge on any atom is 0.307 e. The summed E-state index contributed by atoms with van der Waals surface area (Å²) in [5, 5.41) is 6.87.